The molecule has 0 aliphatic rings. The van der Waals surface area contributed by atoms with Gasteiger partial charge in [-0.25, -0.2) is 0 Å². The van der Waals surface area contributed by atoms with Crippen LogP contribution in [-0.2, 0) is 19.6 Å². The third-order valence-electron chi connectivity index (χ3n) is 2.41. The molecular formula is C11H17N5S. The minimum atomic E-state index is 0.591. The van der Waals surface area contributed by atoms with Crippen molar-refractivity contribution in [2.75, 3.05) is 13.6 Å². The average Bonchev–Trinajstić information content (AvgIpc) is 2.91. The summed E-state index contributed by atoms with van der Waals surface area (Å²) in [6.45, 7) is 3.06. The van der Waals surface area contributed by atoms with Gasteiger partial charge in [-0.2, -0.15) is 11.3 Å². The molecule has 0 bridgehead atoms. The molecule has 0 saturated carbocycles. The van der Waals surface area contributed by atoms with E-state index in [1.54, 1.807) is 16.0 Å². The van der Waals surface area contributed by atoms with Crippen molar-refractivity contribution in [2.45, 2.75) is 19.6 Å². The lowest BCUT2D eigenvalue weighted by Crippen LogP contribution is -2.17. The summed E-state index contributed by atoms with van der Waals surface area (Å²) in [5, 5.41) is 12.4. The van der Waals surface area contributed by atoms with Crippen LogP contribution in [0, 0.1) is 0 Å². The molecule has 0 aliphatic heterocycles. The topological polar surface area (TPSA) is 60.0 Å². The highest BCUT2D eigenvalue weighted by atomic mass is 32.1. The normalized spacial score (nSPS) is 11.2. The molecule has 0 saturated heterocycles. The fourth-order valence-electron chi connectivity index (χ4n) is 1.68. The maximum atomic E-state index is 5.46. The number of nitrogens with two attached hydrogens (primary N) is 1. The summed E-state index contributed by atoms with van der Waals surface area (Å²) in [6, 6.07) is 2.15. The summed E-state index contributed by atoms with van der Waals surface area (Å²) >= 11 is 1.73. The fourth-order valence-corrected chi connectivity index (χ4v) is 2.34. The summed E-state index contributed by atoms with van der Waals surface area (Å²) in [5.41, 5.74) is 7.79. The first-order chi connectivity index (χ1) is 8.28. The van der Waals surface area contributed by atoms with Crippen LogP contribution in [0.25, 0.3) is 0 Å². The SMILES string of the molecule is CN(Cc1ccsc1)Cc1cn(CCN)nn1. The van der Waals surface area contributed by atoms with Gasteiger partial charge in [-0.15, -0.1) is 5.10 Å². The number of hydrogen-bond acceptors (Lipinski definition) is 5. The van der Waals surface area contributed by atoms with Crippen molar-refractivity contribution < 1.29 is 0 Å². The highest BCUT2D eigenvalue weighted by molar-refractivity contribution is 7.07. The van der Waals surface area contributed by atoms with Gasteiger partial charge in [0.1, 0.15) is 0 Å². The fraction of sp³-hybridized carbons (Fsp3) is 0.455. The van der Waals surface area contributed by atoms with Crippen LogP contribution < -0.4 is 5.73 Å². The van der Waals surface area contributed by atoms with Crippen LogP contribution >= 0.6 is 11.3 Å². The minimum absolute atomic E-state index is 0.591. The smallest absolute Gasteiger partial charge is 0.0967 e. The largest absolute Gasteiger partial charge is 0.329 e. The van der Waals surface area contributed by atoms with Gasteiger partial charge in [0.25, 0.3) is 0 Å². The first-order valence-corrected chi connectivity index (χ1v) is 6.51. The molecule has 2 rings (SSSR count). The third kappa shape index (κ3) is 3.62. The molecule has 0 aliphatic carbocycles. The molecule has 0 amide bonds. The van der Waals surface area contributed by atoms with Crippen LogP contribution in [0.15, 0.2) is 23.0 Å². The van der Waals surface area contributed by atoms with Gasteiger partial charge in [-0.1, -0.05) is 5.21 Å². The lowest BCUT2D eigenvalue weighted by Gasteiger charge is -2.13. The molecule has 0 unspecified atom stereocenters. The van der Waals surface area contributed by atoms with E-state index in [0.29, 0.717) is 6.54 Å². The lowest BCUT2D eigenvalue weighted by atomic mass is 10.3. The zero-order valence-electron chi connectivity index (χ0n) is 9.91. The first-order valence-electron chi connectivity index (χ1n) is 5.56. The Morgan fingerprint density at radius 3 is 3.06 bits per heavy atom. The predicted molar refractivity (Wildman–Crippen MR) is 68.6 cm³/mol. The van der Waals surface area contributed by atoms with E-state index in [-0.39, 0.29) is 0 Å². The predicted octanol–water partition coefficient (Wildman–Crippen LogP) is 0.930. The number of nitrogens with zero attached hydrogens (tertiary/aromatic N) is 4. The molecule has 0 fully saturated rings. The monoisotopic (exact) mass is 251 g/mol. The van der Waals surface area contributed by atoms with Gasteiger partial charge in [0.15, 0.2) is 0 Å². The number of rotatable bonds is 6. The Labute approximate surface area is 105 Å². The van der Waals surface area contributed by atoms with E-state index in [1.807, 2.05) is 6.20 Å². The summed E-state index contributed by atoms with van der Waals surface area (Å²) in [6.07, 6.45) is 1.96. The Kier molecular flexibility index (Phi) is 4.24. The van der Waals surface area contributed by atoms with Crippen molar-refractivity contribution in [3.63, 3.8) is 0 Å². The summed E-state index contributed by atoms with van der Waals surface area (Å²) < 4.78 is 1.79. The molecule has 0 radical (unpaired) electrons. The van der Waals surface area contributed by atoms with Crippen molar-refractivity contribution in [2.24, 2.45) is 5.73 Å². The zero-order chi connectivity index (χ0) is 12.1. The van der Waals surface area contributed by atoms with E-state index in [2.05, 4.69) is 39.1 Å². The molecule has 92 valence electrons. The number of thiophene rings is 1. The highest BCUT2D eigenvalue weighted by Gasteiger charge is 2.05. The lowest BCUT2D eigenvalue weighted by molar-refractivity contribution is 0.315. The van der Waals surface area contributed by atoms with Crippen LogP contribution in [0.5, 0.6) is 0 Å². The quantitative estimate of drug-likeness (QED) is 0.829. The van der Waals surface area contributed by atoms with Crippen LogP contribution in [0.4, 0.5) is 0 Å². The molecule has 2 aromatic heterocycles. The minimum Gasteiger partial charge on any atom is -0.329 e. The van der Waals surface area contributed by atoms with E-state index >= 15 is 0 Å². The van der Waals surface area contributed by atoms with Gasteiger partial charge in [0.2, 0.25) is 0 Å². The van der Waals surface area contributed by atoms with Crippen molar-refractivity contribution in [3.8, 4) is 0 Å². The van der Waals surface area contributed by atoms with E-state index in [1.165, 1.54) is 5.56 Å². The molecule has 0 spiro atoms. The Bertz CT molecular complexity index is 436. The maximum Gasteiger partial charge on any atom is 0.0967 e. The molecule has 5 nitrogen and oxygen atoms in total. The standard InChI is InChI=1S/C11H17N5S/c1-15(6-10-2-5-17-9-10)7-11-8-16(4-3-12)14-13-11/h2,5,8-9H,3-4,6-7,12H2,1H3. The zero-order valence-corrected chi connectivity index (χ0v) is 10.7. The summed E-state index contributed by atoms with van der Waals surface area (Å²) in [5.74, 6) is 0. The van der Waals surface area contributed by atoms with E-state index < -0.39 is 0 Å². The van der Waals surface area contributed by atoms with Crippen molar-refractivity contribution in [3.05, 3.63) is 34.3 Å². The molecular weight excluding hydrogens is 234 g/mol. The van der Waals surface area contributed by atoms with Crippen LogP contribution in [0.1, 0.15) is 11.3 Å². The molecule has 2 heterocycles. The Morgan fingerprint density at radius 1 is 1.47 bits per heavy atom. The van der Waals surface area contributed by atoms with Gasteiger partial charge >= 0.3 is 0 Å². The maximum absolute atomic E-state index is 5.46. The van der Waals surface area contributed by atoms with Crippen molar-refractivity contribution in [1.82, 2.24) is 19.9 Å². The first kappa shape index (κ1) is 12.2. The molecule has 6 heteroatoms. The third-order valence-corrected chi connectivity index (χ3v) is 3.14. The van der Waals surface area contributed by atoms with Crippen molar-refractivity contribution >= 4 is 11.3 Å². The van der Waals surface area contributed by atoms with Gasteiger partial charge in [-0.05, 0) is 29.4 Å². The van der Waals surface area contributed by atoms with Crippen LogP contribution in [-0.4, -0.2) is 33.5 Å². The van der Waals surface area contributed by atoms with E-state index in [0.717, 1.165) is 25.3 Å². The van der Waals surface area contributed by atoms with E-state index in [9.17, 15) is 0 Å². The number of hydrogen-bond donors (Lipinski definition) is 1. The van der Waals surface area contributed by atoms with Gasteiger partial charge in [0, 0.05) is 25.8 Å². The van der Waals surface area contributed by atoms with Crippen LogP contribution in [0.2, 0.25) is 0 Å². The molecule has 0 atom stereocenters. The second kappa shape index (κ2) is 5.90. The Balaban J connectivity index is 1.86. The average molecular weight is 251 g/mol. The molecule has 17 heavy (non-hydrogen) atoms. The van der Waals surface area contributed by atoms with E-state index in [4.69, 9.17) is 5.73 Å². The van der Waals surface area contributed by atoms with Gasteiger partial charge in [-0.3, -0.25) is 9.58 Å². The second-order valence-corrected chi connectivity index (χ2v) is 4.85. The summed E-state index contributed by atoms with van der Waals surface area (Å²) in [4.78, 5) is 2.22. The van der Waals surface area contributed by atoms with Gasteiger partial charge < -0.3 is 5.73 Å². The number of aromatic nitrogens is 3. The van der Waals surface area contributed by atoms with Gasteiger partial charge in [0.05, 0.1) is 12.2 Å². The van der Waals surface area contributed by atoms with Crippen LogP contribution in [0.3, 0.4) is 0 Å². The molecule has 2 N–H and O–H groups in total. The van der Waals surface area contributed by atoms with Crippen molar-refractivity contribution in [1.29, 1.82) is 0 Å². The Hall–Kier alpha value is -1.24. The molecule has 0 aromatic carbocycles. The molecule has 2 aromatic rings. The second-order valence-electron chi connectivity index (χ2n) is 4.07. The Morgan fingerprint density at radius 2 is 2.35 bits per heavy atom. The highest BCUT2D eigenvalue weighted by Crippen LogP contribution is 2.09. The summed E-state index contributed by atoms with van der Waals surface area (Å²) in [7, 11) is 2.08.